The number of amides is 2. The molecule has 0 N–H and O–H groups in total. The molecule has 8 nitrogen and oxygen atoms in total. The summed E-state index contributed by atoms with van der Waals surface area (Å²) in [5, 5.41) is 0. The minimum atomic E-state index is 0.00906. The van der Waals surface area contributed by atoms with Crippen LogP contribution in [0.1, 0.15) is 55.3 Å². The molecule has 0 unspecified atom stereocenters. The van der Waals surface area contributed by atoms with Crippen LogP contribution in [0.3, 0.4) is 0 Å². The fraction of sp³-hybridized carbons (Fsp3) is 0.741. The lowest BCUT2D eigenvalue weighted by Crippen LogP contribution is -2.46. The number of carbonyl (C=O) groups excluding carboxylic acids is 2. The molecule has 0 radical (unpaired) electrons. The number of rotatable bonds is 4. The van der Waals surface area contributed by atoms with Crippen molar-refractivity contribution in [2.45, 2.75) is 51.0 Å². The molecule has 3 atom stereocenters. The van der Waals surface area contributed by atoms with Crippen molar-refractivity contribution in [2.24, 2.45) is 17.3 Å². The second-order valence-electron chi connectivity index (χ2n) is 11.3. The number of hydrogen-bond acceptors (Lipinski definition) is 6. The van der Waals surface area contributed by atoms with E-state index in [0.717, 1.165) is 96.8 Å². The molecule has 6 rings (SSSR count). The van der Waals surface area contributed by atoms with E-state index in [2.05, 4.69) is 14.8 Å². The van der Waals surface area contributed by atoms with Gasteiger partial charge in [0.15, 0.2) is 0 Å². The molecule has 35 heavy (non-hydrogen) atoms. The van der Waals surface area contributed by atoms with Gasteiger partial charge < -0.3 is 24.2 Å². The van der Waals surface area contributed by atoms with E-state index in [9.17, 15) is 9.59 Å². The maximum absolute atomic E-state index is 13.1. The Labute approximate surface area is 207 Å². The van der Waals surface area contributed by atoms with E-state index in [4.69, 9.17) is 9.47 Å². The van der Waals surface area contributed by atoms with Crippen molar-refractivity contribution in [1.29, 1.82) is 0 Å². The summed E-state index contributed by atoms with van der Waals surface area (Å²) in [4.78, 5) is 37.2. The summed E-state index contributed by atoms with van der Waals surface area (Å²) in [7, 11) is 0. The van der Waals surface area contributed by atoms with Gasteiger partial charge >= 0.3 is 0 Å². The molecule has 8 heteroatoms. The molecule has 190 valence electrons. The first-order valence-electron chi connectivity index (χ1n) is 13.6. The van der Waals surface area contributed by atoms with Crippen LogP contribution in [-0.4, -0.2) is 91.8 Å². The van der Waals surface area contributed by atoms with Crippen molar-refractivity contribution in [3.05, 3.63) is 23.9 Å². The molecule has 0 saturated carbocycles. The molecule has 5 saturated heterocycles. The number of piperidine rings is 2. The van der Waals surface area contributed by atoms with Crippen molar-refractivity contribution in [3.8, 4) is 0 Å². The summed E-state index contributed by atoms with van der Waals surface area (Å²) < 4.78 is 11.8. The zero-order chi connectivity index (χ0) is 23.8. The van der Waals surface area contributed by atoms with Crippen LogP contribution >= 0.6 is 0 Å². The van der Waals surface area contributed by atoms with Crippen molar-refractivity contribution in [2.75, 3.05) is 64.0 Å². The second kappa shape index (κ2) is 9.69. The topological polar surface area (TPSA) is 75.2 Å². The summed E-state index contributed by atoms with van der Waals surface area (Å²) in [6.07, 6.45) is 8.69. The molecule has 2 amide bonds. The number of hydrogen-bond donors (Lipinski definition) is 0. The van der Waals surface area contributed by atoms with Gasteiger partial charge in [0, 0.05) is 58.0 Å². The fourth-order valence-electron chi connectivity index (χ4n) is 6.97. The van der Waals surface area contributed by atoms with Gasteiger partial charge in [0.2, 0.25) is 5.91 Å². The van der Waals surface area contributed by atoms with Crippen LogP contribution < -0.4 is 4.90 Å². The van der Waals surface area contributed by atoms with Crippen LogP contribution in [0.2, 0.25) is 0 Å². The first-order valence-corrected chi connectivity index (χ1v) is 13.6. The van der Waals surface area contributed by atoms with E-state index >= 15 is 0 Å². The molecule has 0 aliphatic carbocycles. The number of carbonyl (C=O) groups is 2. The molecule has 1 aromatic heterocycles. The first kappa shape index (κ1) is 23.2. The largest absolute Gasteiger partial charge is 0.381 e. The number of ether oxygens (including phenoxy) is 2. The molecule has 1 spiro atoms. The van der Waals surface area contributed by atoms with Crippen molar-refractivity contribution >= 4 is 17.6 Å². The van der Waals surface area contributed by atoms with Gasteiger partial charge in [-0.15, -0.1) is 0 Å². The summed E-state index contributed by atoms with van der Waals surface area (Å²) in [5.74, 6) is 1.93. The third-order valence-electron chi connectivity index (χ3n) is 9.24. The Morgan fingerprint density at radius 1 is 1.06 bits per heavy atom. The Morgan fingerprint density at radius 3 is 2.66 bits per heavy atom. The molecule has 5 aliphatic heterocycles. The molecule has 0 bridgehead atoms. The Morgan fingerprint density at radius 2 is 1.89 bits per heavy atom. The third-order valence-corrected chi connectivity index (χ3v) is 9.24. The SMILES string of the molecule is O=C(C[C@@H]1OC[C@H]2CN(c3ncccc3C(=O)N3CCCC3)CC[C@H]21)N1CCC2(CCOC2)CC1. The first-order chi connectivity index (χ1) is 17.1. The average molecular weight is 483 g/mol. The van der Waals surface area contributed by atoms with Crippen molar-refractivity contribution in [1.82, 2.24) is 14.8 Å². The minimum Gasteiger partial charge on any atom is -0.381 e. The number of likely N-dealkylation sites (tertiary alicyclic amines) is 2. The van der Waals surface area contributed by atoms with Crippen LogP contribution in [-0.2, 0) is 14.3 Å². The quantitative estimate of drug-likeness (QED) is 0.657. The van der Waals surface area contributed by atoms with Crippen LogP contribution in [0.25, 0.3) is 0 Å². The molecule has 6 heterocycles. The van der Waals surface area contributed by atoms with E-state index < -0.39 is 0 Å². The van der Waals surface area contributed by atoms with E-state index in [0.29, 0.717) is 35.8 Å². The van der Waals surface area contributed by atoms with Crippen LogP contribution in [0.4, 0.5) is 5.82 Å². The third kappa shape index (κ3) is 4.55. The van der Waals surface area contributed by atoms with Gasteiger partial charge in [0.05, 0.1) is 31.3 Å². The number of nitrogens with zero attached hydrogens (tertiary/aromatic N) is 4. The van der Waals surface area contributed by atoms with Gasteiger partial charge in [0.1, 0.15) is 5.82 Å². The van der Waals surface area contributed by atoms with Crippen LogP contribution in [0.15, 0.2) is 18.3 Å². The smallest absolute Gasteiger partial charge is 0.257 e. The highest BCUT2D eigenvalue weighted by Gasteiger charge is 2.44. The van der Waals surface area contributed by atoms with Gasteiger partial charge in [-0.2, -0.15) is 0 Å². The van der Waals surface area contributed by atoms with Gasteiger partial charge in [0.25, 0.3) is 5.91 Å². The minimum absolute atomic E-state index is 0.00906. The Kier molecular flexibility index (Phi) is 6.43. The van der Waals surface area contributed by atoms with Gasteiger partial charge in [-0.1, -0.05) is 0 Å². The lowest BCUT2D eigenvalue weighted by molar-refractivity contribution is -0.136. The van der Waals surface area contributed by atoms with Gasteiger partial charge in [-0.05, 0) is 62.0 Å². The van der Waals surface area contributed by atoms with Crippen molar-refractivity contribution in [3.63, 3.8) is 0 Å². The van der Waals surface area contributed by atoms with E-state index in [-0.39, 0.29) is 17.9 Å². The zero-order valence-electron chi connectivity index (χ0n) is 20.7. The maximum Gasteiger partial charge on any atom is 0.257 e. The molecule has 0 aromatic carbocycles. The van der Waals surface area contributed by atoms with Crippen LogP contribution in [0.5, 0.6) is 0 Å². The standard InChI is InChI=1S/C27H38N4O4/c32-24(29-13-6-27(7-14-29)8-15-34-19-27)16-23-21-5-12-31(17-20(21)18-35-23)25-22(4-3-9-28-25)26(33)30-10-1-2-11-30/h3-4,9,20-21,23H,1-2,5-8,10-19H2/t20-,21-,23+/m1/s1. The van der Waals surface area contributed by atoms with Crippen molar-refractivity contribution < 1.29 is 19.1 Å². The molecular formula is C27H38N4O4. The zero-order valence-corrected chi connectivity index (χ0v) is 20.7. The highest BCUT2D eigenvalue weighted by atomic mass is 16.5. The van der Waals surface area contributed by atoms with E-state index in [1.54, 1.807) is 6.20 Å². The summed E-state index contributed by atoms with van der Waals surface area (Å²) in [5.41, 5.74) is 1.04. The second-order valence-corrected chi connectivity index (χ2v) is 11.3. The summed E-state index contributed by atoms with van der Waals surface area (Å²) in [6, 6.07) is 3.78. The van der Waals surface area contributed by atoms with Gasteiger partial charge in [-0.3, -0.25) is 9.59 Å². The Balaban J connectivity index is 1.06. The fourth-order valence-corrected chi connectivity index (χ4v) is 6.97. The van der Waals surface area contributed by atoms with E-state index in [1.807, 2.05) is 17.0 Å². The van der Waals surface area contributed by atoms with Crippen LogP contribution in [0, 0.1) is 17.3 Å². The average Bonchev–Trinajstić information content (AvgIpc) is 3.66. The highest BCUT2D eigenvalue weighted by molar-refractivity contribution is 5.99. The number of anilines is 1. The molecule has 5 aliphatic rings. The Hall–Kier alpha value is -2.19. The maximum atomic E-state index is 13.1. The predicted octanol–water partition coefficient (Wildman–Crippen LogP) is 2.58. The lowest BCUT2D eigenvalue weighted by Gasteiger charge is -2.39. The highest BCUT2D eigenvalue weighted by Crippen LogP contribution is 2.41. The van der Waals surface area contributed by atoms with Gasteiger partial charge in [-0.25, -0.2) is 4.98 Å². The number of pyridine rings is 1. The number of aromatic nitrogens is 1. The normalized spacial score (nSPS) is 30.2. The van der Waals surface area contributed by atoms with E-state index in [1.165, 1.54) is 0 Å². The monoisotopic (exact) mass is 482 g/mol. The molecule has 5 fully saturated rings. The molecular weight excluding hydrogens is 444 g/mol. The molecule has 1 aromatic rings. The Bertz CT molecular complexity index is 933. The lowest BCUT2D eigenvalue weighted by atomic mass is 9.78. The summed E-state index contributed by atoms with van der Waals surface area (Å²) >= 11 is 0. The predicted molar refractivity (Wildman–Crippen MR) is 131 cm³/mol. The number of fused-ring (bicyclic) bond motifs is 1. The summed E-state index contributed by atoms with van der Waals surface area (Å²) in [6.45, 7) is 7.48.